The number of primary amides is 1. The van der Waals surface area contributed by atoms with Gasteiger partial charge in [-0.2, -0.15) is 0 Å². The van der Waals surface area contributed by atoms with E-state index in [0.29, 0.717) is 12.4 Å². The van der Waals surface area contributed by atoms with Crippen molar-refractivity contribution in [3.8, 4) is 0 Å². The summed E-state index contributed by atoms with van der Waals surface area (Å²) in [5.41, 5.74) is 6.23. The number of nitrogens with two attached hydrogens (primary N) is 1. The third kappa shape index (κ3) is 2.48. The van der Waals surface area contributed by atoms with Gasteiger partial charge in [-0.25, -0.2) is 0 Å². The van der Waals surface area contributed by atoms with Crippen molar-refractivity contribution in [1.82, 2.24) is 4.90 Å². The Kier molecular flexibility index (Phi) is 3.87. The highest BCUT2D eigenvalue weighted by molar-refractivity contribution is 6.18. The molecule has 1 aromatic rings. The van der Waals surface area contributed by atoms with Gasteiger partial charge in [0.1, 0.15) is 0 Å². The number of nitrogens with zero attached hydrogens (tertiary/aromatic N) is 1. The molecule has 1 aromatic carbocycles. The van der Waals surface area contributed by atoms with Gasteiger partial charge in [0.15, 0.2) is 0 Å². The summed E-state index contributed by atoms with van der Waals surface area (Å²) in [6.07, 6.45) is 0.190. The highest BCUT2D eigenvalue weighted by Crippen LogP contribution is 2.29. The van der Waals surface area contributed by atoms with Crippen LogP contribution in [0.5, 0.6) is 0 Å². The molecule has 0 saturated carbocycles. The van der Waals surface area contributed by atoms with Crippen molar-refractivity contribution >= 4 is 23.4 Å². The van der Waals surface area contributed by atoms with Gasteiger partial charge in [0.2, 0.25) is 11.8 Å². The predicted molar refractivity (Wildman–Crippen MR) is 68.9 cm³/mol. The average Bonchev–Trinajstić information content (AvgIpc) is 2.74. The van der Waals surface area contributed by atoms with Crippen LogP contribution in [0.2, 0.25) is 0 Å². The summed E-state index contributed by atoms with van der Waals surface area (Å²) >= 11 is 5.96. The van der Waals surface area contributed by atoms with Crippen LogP contribution >= 0.6 is 11.6 Å². The molecular weight excluding hydrogens is 252 g/mol. The molecule has 5 heteroatoms. The van der Waals surface area contributed by atoms with Crippen molar-refractivity contribution in [2.24, 2.45) is 11.7 Å². The van der Waals surface area contributed by atoms with E-state index in [1.165, 1.54) is 0 Å². The Morgan fingerprint density at radius 2 is 2.11 bits per heavy atom. The van der Waals surface area contributed by atoms with Crippen LogP contribution in [0, 0.1) is 5.92 Å². The van der Waals surface area contributed by atoms with Crippen molar-refractivity contribution < 1.29 is 9.59 Å². The maximum atomic E-state index is 11.9. The van der Waals surface area contributed by atoms with E-state index in [4.69, 9.17) is 17.3 Å². The Hall–Kier alpha value is -1.55. The summed E-state index contributed by atoms with van der Waals surface area (Å²) in [6, 6.07) is 9.38. The van der Waals surface area contributed by atoms with Gasteiger partial charge >= 0.3 is 0 Å². The first kappa shape index (κ1) is 12.9. The van der Waals surface area contributed by atoms with Gasteiger partial charge in [-0.1, -0.05) is 30.3 Å². The first-order valence-corrected chi connectivity index (χ1v) is 6.36. The molecule has 2 N–H and O–H groups in total. The lowest BCUT2D eigenvalue weighted by atomic mass is 10.1. The molecule has 4 nitrogen and oxygen atoms in total. The van der Waals surface area contributed by atoms with Crippen molar-refractivity contribution in [3.05, 3.63) is 35.9 Å². The molecule has 2 atom stereocenters. The highest BCUT2D eigenvalue weighted by atomic mass is 35.5. The highest BCUT2D eigenvalue weighted by Gasteiger charge is 2.37. The van der Waals surface area contributed by atoms with Crippen LogP contribution in [0.3, 0.4) is 0 Å². The van der Waals surface area contributed by atoms with E-state index in [0.717, 1.165) is 5.56 Å². The fourth-order valence-electron chi connectivity index (χ4n) is 2.25. The molecule has 1 aliphatic heterocycles. The van der Waals surface area contributed by atoms with Gasteiger partial charge < -0.3 is 10.6 Å². The van der Waals surface area contributed by atoms with Crippen LogP contribution in [0.1, 0.15) is 18.0 Å². The lowest BCUT2D eigenvalue weighted by Crippen LogP contribution is -2.33. The zero-order valence-electron chi connectivity index (χ0n) is 9.88. The largest absolute Gasteiger partial charge is 0.369 e. The lowest BCUT2D eigenvalue weighted by molar-refractivity contribution is -0.129. The number of rotatable bonds is 4. The Balaban J connectivity index is 2.19. The molecule has 1 saturated heterocycles. The van der Waals surface area contributed by atoms with Crippen LogP contribution in [0.25, 0.3) is 0 Å². The molecule has 0 radical (unpaired) electrons. The number of amides is 2. The average molecular weight is 267 g/mol. The summed E-state index contributed by atoms with van der Waals surface area (Å²) in [4.78, 5) is 24.7. The first-order chi connectivity index (χ1) is 8.63. The maximum Gasteiger partial charge on any atom is 0.224 e. The van der Waals surface area contributed by atoms with Crippen LogP contribution in [-0.2, 0) is 9.59 Å². The van der Waals surface area contributed by atoms with E-state index < -0.39 is 11.8 Å². The molecular formula is C13H15ClN2O2. The van der Waals surface area contributed by atoms with Crippen LogP contribution in [0.4, 0.5) is 0 Å². The van der Waals surface area contributed by atoms with Gasteiger partial charge in [0.05, 0.1) is 12.0 Å². The fourth-order valence-corrected chi connectivity index (χ4v) is 2.60. The van der Waals surface area contributed by atoms with E-state index in [-0.39, 0.29) is 18.4 Å². The predicted octanol–water partition coefficient (Wildman–Crippen LogP) is 1.30. The Bertz CT molecular complexity index is 450. The standard InChI is InChI=1S/C13H15ClN2O2/c14-7-11(9-4-2-1-3-5-9)16-8-10(13(15)18)6-12(16)17/h1-5,10-11H,6-8H2,(H2,15,18)/t10-,11-/m0/s1. The maximum absolute atomic E-state index is 11.9. The lowest BCUT2D eigenvalue weighted by Gasteiger charge is -2.26. The molecule has 0 bridgehead atoms. The number of alkyl halides is 1. The number of likely N-dealkylation sites (tertiary alicyclic amines) is 1. The number of carbonyl (C=O) groups is 2. The van der Waals surface area contributed by atoms with Crippen LogP contribution < -0.4 is 5.73 Å². The van der Waals surface area contributed by atoms with Crippen molar-refractivity contribution in [2.75, 3.05) is 12.4 Å². The molecule has 1 heterocycles. The van der Waals surface area contributed by atoms with Crippen molar-refractivity contribution in [2.45, 2.75) is 12.5 Å². The topological polar surface area (TPSA) is 63.4 Å². The number of carbonyl (C=O) groups excluding carboxylic acids is 2. The minimum Gasteiger partial charge on any atom is -0.369 e. The third-order valence-corrected chi connectivity index (χ3v) is 3.56. The summed E-state index contributed by atoms with van der Waals surface area (Å²) in [7, 11) is 0. The number of hydrogen-bond donors (Lipinski definition) is 1. The molecule has 0 aromatic heterocycles. The number of halogens is 1. The van der Waals surface area contributed by atoms with E-state index in [2.05, 4.69) is 0 Å². The number of benzene rings is 1. The van der Waals surface area contributed by atoms with Gasteiger partial charge in [-0.15, -0.1) is 11.6 Å². The van der Waals surface area contributed by atoms with Gasteiger partial charge in [0, 0.05) is 18.8 Å². The van der Waals surface area contributed by atoms with Gasteiger partial charge in [-0.05, 0) is 5.56 Å². The molecule has 96 valence electrons. The Morgan fingerprint density at radius 3 is 2.61 bits per heavy atom. The second kappa shape index (κ2) is 5.40. The van der Waals surface area contributed by atoms with Crippen molar-refractivity contribution in [1.29, 1.82) is 0 Å². The summed E-state index contributed by atoms with van der Waals surface area (Å²) < 4.78 is 0. The molecule has 0 unspecified atom stereocenters. The van der Waals surface area contributed by atoms with Gasteiger partial charge in [-0.3, -0.25) is 9.59 Å². The van der Waals surface area contributed by atoms with E-state index in [9.17, 15) is 9.59 Å². The fraction of sp³-hybridized carbons (Fsp3) is 0.385. The molecule has 1 fully saturated rings. The summed E-state index contributed by atoms with van der Waals surface area (Å²) in [5, 5.41) is 0. The molecule has 2 rings (SSSR count). The summed E-state index contributed by atoms with van der Waals surface area (Å²) in [6.45, 7) is 0.362. The van der Waals surface area contributed by atoms with Crippen LogP contribution in [-0.4, -0.2) is 29.1 Å². The van der Waals surface area contributed by atoms with Gasteiger partial charge in [0.25, 0.3) is 0 Å². The molecule has 0 spiro atoms. The normalized spacial score (nSPS) is 21.1. The molecule has 0 aliphatic carbocycles. The Morgan fingerprint density at radius 1 is 1.44 bits per heavy atom. The Labute approximate surface area is 111 Å². The van der Waals surface area contributed by atoms with Crippen molar-refractivity contribution in [3.63, 3.8) is 0 Å². The zero-order valence-corrected chi connectivity index (χ0v) is 10.6. The van der Waals surface area contributed by atoms with E-state index >= 15 is 0 Å². The summed E-state index contributed by atoms with van der Waals surface area (Å²) in [5.74, 6) is -0.575. The van der Waals surface area contributed by atoms with E-state index in [1.807, 2.05) is 30.3 Å². The SMILES string of the molecule is NC(=O)[C@H]1CC(=O)N([C@@H](CCl)c2ccccc2)C1. The molecule has 18 heavy (non-hydrogen) atoms. The zero-order chi connectivity index (χ0) is 13.1. The second-order valence-corrected chi connectivity index (χ2v) is 4.74. The second-order valence-electron chi connectivity index (χ2n) is 4.43. The first-order valence-electron chi connectivity index (χ1n) is 5.83. The van der Waals surface area contributed by atoms with Crippen LogP contribution in [0.15, 0.2) is 30.3 Å². The monoisotopic (exact) mass is 266 g/mol. The van der Waals surface area contributed by atoms with E-state index in [1.54, 1.807) is 4.90 Å². The molecule has 1 aliphatic rings. The smallest absolute Gasteiger partial charge is 0.224 e. The minimum absolute atomic E-state index is 0.0618. The number of hydrogen-bond acceptors (Lipinski definition) is 2. The quantitative estimate of drug-likeness (QED) is 0.835. The molecule has 2 amide bonds. The minimum atomic E-state index is -0.424. The third-order valence-electron chi connectivity index (χ3n) is 3.27.